The van der Waals surface area contributed by atoms with E-state index in [1.54, 1.807) is 0 Å². The van der Waals surface area contributed by atoms with Crippen molar-refractivity contribution in [2.75, 3.05) is 0 Å². The number of hydrogen-bond donors (Lipinski definition) is 0. The zero-order valence-corrected chi connectivity index (χ0v) is 18.6. The van der Waals surface area contributed by atoms with Gasteiger partial charge in [0.25, 0.3) is 5.91 Å². The summed E-state index contributed by atoms with van der Waals surface area (Å²) in [6.07, 6.45) is 6.22. The zero-order valence-electron chi connectivity index (χ0n) is 18.6. The predicted octanol–water partition coefficient (Wildman–Crippen LogP) is 4.88. The van der Waals surface area contributed by atoms with Crippen LogP contribution in [0.5, 0.6) is 0 Å². The fraction of sp³-hybridized carbons (Fsp3) is 0.625. The second kappa shape index (κ2) is 6.96. The van der Waals surface area contributed by atoms with E-state index in [-0.39, 0.29) is 16.7 Å². The van der Waals surface area contributed by atoms with E-state index in [4.69, 9.17) is 0 Å². The first-order valence-electron chi connectivity index (χ1n) is 10.9. The minimum Gasteiger partial charge on any atom is -0.333 e. The normalized spacial score (nSPS) is 24.8. The molecule has 0 aliphatic carbocycles. The van der Waals surface area contributed by atoms with Crippen LogP contribution in [-0.2, 0) is 10.8 Å². The Hall–Kier alpha value is -2.17. The van der Waals surface area contributed by atoms with E-state index >= 15 is 0 Å². The molecule has 4 rings (SSSR count). The van der Waals surface area contributed by atoms with Gasteiger partial charge in [-0.25, -0.2) is 4.68 Å². The summed E-state index contributed by atoms with van der Waals surface area (Å²) in [4.78, 5) is 15.4. The predicted molar refractivity (Wildman–Crippen MR) is 115 cm³/mol. The molecule has 2 unspecified atom stereocenters. The highest BCUT2D eigenvalue weighted by molar-refractivity contribution is 5.95. The number of hydrogen-bond acceptors (Lipinski definition) is 3. The third-order valence-electron chi connectivity index (χ3n) is 6.59. The highest BCUT2D eigenvalue weighted by Crippen LogP contribution is 2.41. The monoisotopic (exact) mass is 394 g/mol. The maximum atomic E-state index is 13.3. The summed E-state index contributed by atoms with van der Waals surface area (Å²) in [5, 5.41) is 8.82. The van der Waals surface area contributed by atoms with Crippen LogP contribution in [-0.4, -0.2) is 37.9 Å². The number of fused-ring (bicyclic) bond motifs is 2. The number of nitrogens with zero attached hydrogens (tertiary/aromatic N) is 4. The number of rotatable bonds is 2. The fourth-order valence-corrected chi connectivity index (χ4v) is 4.76. The van der Waals surface area contributed by atoms with Gasteiger partial charge in [-0.3, -0.25) is 4.79 Å². The third kappa shape index (κ3) is 3.84. The first-order valence-corrected chi connectivity index (χ1v) is 10.9. The topological polar surface area (TPSA) is 51.0 Å². The largest absolute Gasteiger partial charge is 0.333 e. The summed E-state index contributed by atoms with van der Waals surface area (Å²) in [7, 11) is 0. The molecule has 2 fully saturated rings. The molecule has 29 heavy (non-hydrogen) atoms. The average Bonchev–Trinajstić information content (AvgIpc) is 3.24. The molecule has 2 aromatic rings. The van der Waals surface area contributed by atoms with Gasteiger partial charge in [-0.15, -0.1) is 5.10 Å². The van der Waals surface area contributed by atoms with Crippen LogP contribution >= 0.6 is 0 Å². The minimum absolute atomic E-state index is 0.00706. The van der Waals surface area contributed by atoms with Gasteiger partial charge in [0, 0.05) is 29.3 Å². The Morgan fingerprint density at radius 2 is 1.48 bits per heavy atom. The lowest BCUT2D eigenvalue weighted by Crippen LogP contribution is -2.47. The molecular formula is C24H34N4O. The molecule has 5 heteroatoms. The number of aromatic nitrogens is 3. The Bertz CT molecular complexity index is 871. The van der Waals surface area contributed by atoms with Gasteiger partial charge in [0.2, 0.25) is 0 Å². The quantitative estimate of drug-likeness (QED) is 0.729. The summed E-state index contributed by atoms with van der Waals surface area (Å²) in [5.41, 5.74) is 3.21. The highest BCUT2D eigenvalue weighted by Gasteiger charge is 2.44. The molecule has 1 amide bonds. The molecule has 2 bridgehead atoms. The van der Waals surface area contributed by atoms with Crippen molar-refractivity contribution in [2.45, 2.75) is 96.2 Å². The Morgan fingerprint density at radius 1 is 0.897 bits per heavy atom. The van der Waals surface area contributed by atoms with Crippen LogP contribution in [0.3, 0.4) is 0 Å². The van der Waals surface area contributed by atoms with E-state index < -0.39 is 0 Å². The maximum Gasteiger partial charge on any atom is 0.254 e. The van der Waals surface area contributed by atoms with Crippen LogP contribution in [0.4, 0.5) is 0 Å². The number of carbonyl (C=O) groups excluding carboxylic acids is 1. The molecule has 2 saturated heterocycles. The summed E-state index contributed by atoms with van der Waals surface area (Å²) < 4.78 is 2.05. The molecule has 0 saturated carbocycles. The van der Waals surface area contributed by atoms with E-state index in [0.717, 1.165) is 36.9 Å². The van der Waals surface area contributed by atoms with E-state index in [1.807, 2.05) is 16.8 Å². The highest BCUT2D eigenvalue weighted by atomic mass is 16.2. The number of piperidine rings is 1. The molecule has 0 N–H and O–H groups in total. The number of amides is 1. The molecule has 0 spiro atoms. The van der Waals surface area contributed by atoms with Gasteiger partial charge in [-0.05, 0) is 48.8 Å². The zero-order chi connectivity index (χ0) is 21.0. The van der Waals surface area contributed by atoms with Gasteiger partial charge < -0.3 is 4.90 Å². The van der Waals surface area contributed by atoms with Gasteiger partial charge in [0.05, 0.1) is 11.7 Å². The Morgan fingerprint density at radius 3 is 1.97 bits per heavy atom. The smallest absolute Gasteiger partial charge is 0.254 e. The van der Waals surface area contributed by atoms with E-state index in [1.165, 1.54) is 5.56 Å². The molecule has 2 atom stereocenters. The fourth-order valence-electron chi connectivity index (χ4n) is 4.76. The second-order valence-electron chi connectivity index (χ2n) is 10.9. The van der Waals surface area contributed by atoms with Crippen molar-refractivity contribution in [3.8, 4) is 0 Å². The summed E-state index contributed by atoms with van der Waals surface area (Å²) in [6, 6.07) is 9.15. The molecule has 2 aliphatic rings. The van der Waals surface area contributed by atoms with E-state index in [9.17, 15) is 4.79 Å². The van der Waals surface area contributed by atoms with Crippen LogP contribution in [0, 0.1) is 0 Å². The van der Waals surface area contributed by atoms with Crippen molar-refractivity contribution >= 4 is 5.91 Å². The SMILES string of the molecule is CC(C)(C)c1ccc(C(=O)N2C3CCC2CC(n2cc(C(C)(C)C)nn2)C3)cc1. The van der Waals surface area contributed by atoms with E-state index in [2.05, 4.69) is 75.1 Å². The van der Waals surface area contributed by atoms with Crippen molar-refractivity contribution in [2.24, 2.45) is 0 Å². The first kappa shape index (κ1) is 20.1. The Kier molecular flexibility index (Phi) is 4.83. The average molecular weight is 395 g/mol. The molecule has 0 radical (unpaired) electrons. The Balaban J connectivity index is 1.49. The molecule has 1 aromatic heterocycles. The lowest BCUT2D eigenvalue weighted by Gasteiger charge is -2.39. The summed E-state index contributed by atoms with van der Waals surface area (Å²) in [5.74, 6) is 0.186. The van der Waals surface area contributed by atoms with Crippen LogP contribution < -0.4 is 0 Å². The van der Waals surface area contributed by atoms with Crippen molar-refractivity contribution < 1.29 is 4.79 Å². The van der Waals surface area contributed by atoms with Crippen LogP contribution in [0.25, 0.3) is 0 Å². The van der Waals surface area contributed by atoms with Crippen LogP contribution in [0.15, 0.2) is 30.5 Å². The van der Waals surface area contributed by atoms with Gasteiger partial charge in [-0.1, -0.05) is 58.9 Å². The van der Waals surface area contributed by atoms with Crippen molar-refractivity contribution in [1.82, 2.24) is 19.9 Å². The minimum atomic E-state index is 0.00706. The summed E-state index contributed by atoms with van der Waals surface area (Å²) >= 11 is 0. The van der Waals surface area contributed by atoms with Crippen molar-refractivity contribution in [3.63, 3.8) is 0 Å². The summed E-state index contributed by atoms with van der Waals surface area (Å²) in [6.45, 7) is 13.1. The Labute approximate surface area is 174 Å². The number of benzene rings is 1. The molecular weight excluding hydrogens is 360 g/mol. The lowest BCUT2D eigenvalue weighted by molar-refractivity contribution is 0.0523. The molecule has 3 heterocycles. The number of carbonyl (C=O) groups is 1. The maximum absolute atomic E-state index is 13.3. The van der Waals surface area contributed by atoms with Gasteiger partial charge >= 0.3 is 0 Å². The standard InChI is InChI=1S/C24H34N4O/c1-23(2,3)17-9-7-16(8-10-17)22(29)28-18-11-12-19(28)14-20(13-18)27-15-21(25-26-27)24(4,5)6/h7-10,15,18-20H,11-14H2,1-6H3. The third-order valence-corrected chi connectivity index (χ3v) is 6.59. The van der Waals surface area contributed by atoms with E-state index in [0.29, 0.717) is 18.1 Å². The van der Waals surface area contributed by atoms with Gasteiger partial charge in [0.1, 0.15) is 0 Å². The van der Waals surface area contributed by atoms with Crippen LogP contribution in [0.1, 0.15) is 94.9 Å². The molecule has 2 aliphatic heterocycles. The lowest BCUT2D eigenvalue weighted by atomic mass is 9.86. The van der Waals surface area contributed by atoms with Crippen LogP contribution in [0.2, 0.25) is 0 Å². The van der Waals surface area contributed by atoms with Gasteiger partial charge in [-0.2, -0.15) is 0 Å². The van der Waals surface area contributed by atoms with Crippen molar-refractivity contribution in [1.29, 1.82) is 0 Å². The van der Waals surface area contributed by atoms with Crippen molar-refractivity contribution in [3.05, 3.63) is 47.3 Å². The van der Waals surface area contributed by atoms with Gasteiger partial charge in [0.15, 0.2) is 0 Å². The second-order valence-corrected chi connectivity index (χ2v) is 10.9. The molecule has 5 nitrogen and oxygen atoms in total. The first-order chi connectivity index (χ1) is 13.5. The molecule has 1 aromatic carbocycles. The molecule has 156 valence electrons.